The molecule has 0 aromatic carbocycles. The van der Waals surface area contributed by atoms with Crippen LogP contribution in [0.1, 0.15) is 25.7 Å². The van der Waals surface area contributed by atoms with Crippen LogP contribution in [-0.4, -0.2) is 6.54 Å². The van der Waals surface area contributed by atoms with E-state index >= 15 is 0 Å². The third kappa shape index (κ3) is 0.739. The van der Waals surface area contributed by atoms with Crippen molar-refractivity contribution in [2.45, 2.75) is 25.7 Å². The molecule has 1 heteroatoms. The van der Waals surface area contributed by atoms with Gasteiger partial charge in [0.15, 0.2) is 0 Å². The molecule has 0 fully saturated rings. The van der Waals surface area contributed by atoms with Gasteiger partial charge in [0.1, 0.15) is 0 Å². The van der Waals surface area contributed by atoms with Crippen LogP contribution in [0.5, 0.6) is 0 Å². The average molecular weight is 159 g/mol. The summed E-state index contributed by atoms with van der Waals surface area (Å²) in [6.07, 6.45) is 9.82. The Morgan fingerprint density at radius 3 is 3.17 bits per heavy atom. The number of allylic oxidation sites excluding steroid dienone is 3. The first kappa shape index (κ1) is 6.53. The van der Waals surface area contributed by atoms with Crippen molar-refractivity contribution in [3.8, 4) is 0 Å². The summed E-state index contributed by atoms with van der Waals surface area (Å²) in [4.78, 5) is 0. The molecule has 0 bridgehead atoms. The van der Waals surface area contributed by atoms with Crippen LogP contribution in [0.2, 0.25) is 0 Å². The number of nitrogens with one attached hydrogen (secondary N) is 1. The Balaban J connectivity index is 2.16. The topological polar surface area (TPSA) is 12.0 Å². The van der Waals surface area contributed by atoms with Gasteiger partial charge in [-0.3, -0.25) is 0 Å². The van der Waals surface area contributed by atoms with Gasteiger partial charge in [0, 0.05) is 17.8 Å². The fourth-order valence-corrected chi connectivity index (χ4v) is 2.50. The number of rotatable bonds is 0. The van der Waals surface area contributed by atoms with Crippen molar-refractivity contribution in [1.82, 2.24) is 5.32 Å². The molecular formula is C11H13N. The molecule has 1 nitrogen and oxygen atoms in total. The molecule has 0 saturated heterocycles. The molecule has 1 heterocycles. The van der Waals surface area contributed by atoms with E-state index in [0.29, 0.717) is 0 Å². The van der Waals surface area contributed by atoms with E-state index in [-0.39, 0.29) is 0 Å². The van der Waals surface area contributed by atoms with Gasteiger partial charge in [0.2, 0.25) is 0 Å². The maximum Gasteiger partial charge on any atom is 0.0381 e. The molecule has 62 valence electrons. The Hall–Kier alpha value is -0.980. The highest BCUT2D eigenvalue weighted by Crippen LogP contribution is 2.38. The number of hydrogen-bond donors (Lipinski definition) is 1. The Bertz CT molecular complexity index is 318. The summed E-state index contributed by atoms with van der Waals surface area (Å²) in [6.45, 7) is 1.11. The molecule has 1 aliphatic heterocycles. The second kappa shape index (κ2) is 2.25. The molecule has 0 radical (unpaired) electrons. The molecule has 0 amide bonds. The second-order valence-electron chi connectivity index (χ2n) is 3.77. The first-order chi connectivity index (χ1) is 5.95. The van der Waals surface area contributed by atoms with Crippen LogP contribution in [0.15, 0.2) is 34.6 Å². The Labute approximate surface area is 72.9 Å². The van der Waals surface area contributed by atoms with Crippen molar-refractivity contribution >= 4 is 0 Å². The van der Waals surface area contributed by atoms with Crippen LogP contribution in [0, 0.1) is 0 Å². The molecule has 0 saturated carbocycles. The van der Waals surface area contributed by atoms with Crippen molar-refractivity contribution in [2.75, 3.05) is 6.54 Å². The lowest BCUT2D eigenvalue weighted by Crippen LogP contribution is -2.08. The van der Waals surface area contributed by atoms with Crippen LogP contribution >= 0.6 is 0 Å². The predicted molar refractivity (Wildman–Crippen MR) is 49.7 cm³/mol. The third-order valence-electron chi connectivity index (χ3n) is 3.05. The van der Waals surface area contributed by atoms with Gasteiger partial charge in [-0.2, -0.15) is 0 Å². The minimum atomic E-state index is 1.11. The first-order valence-corrected chi connectivity index (χ1v) is 4.81. The fraction of sp³-hybridized carbons (Fsp3) is 0.455. The molecule has 0 unspecified atom stereocenters. The van der Waals surface area contributed by atoms with E-state index in [1.54, 1.807) is 16.7 Å². The standard InChI is InChI=1S/C11H13N/c1-3-8-4-2-6-10-11(8)9(5-1)7-12-10/h4,6,12H,1-3,5,7H2. The maximum atomic E-state index is 3.48. The summed E-state index contributed by atoms with van der Waals surface area (Å²) in [6, 6.07) is 0. The molecule has 0 atom stereocenters. The lowest BCUT2D eigenvalue weighted by Gasteiger charge is -2.20. The summed E-state index contributed by atoms with van der Waals surface area (Å²) in [5.74, 6) is 0. The second-order valence-corrected chi connectivity index (χ2v) is 3.77. The summed E-state index contributed by atoms with van der Waals surface area (Å²) in [5.41, 5.74) is 6.26. The minimum absolute atomic E-state index is 1.11. The predicted octanol–water partition coefficient (Wildman–Crippen LogP) is 2.28. The summed E-state index contributed by atoms with van der Waals surface area (Å²) in [7, 11) is 0. The molecule has 3 rings (SSSR count). The van der Waals surface area contributed by atoms with Gasteiger partial charge in [0.05, 0.1) is 0 Å². The first-order valence-electron chi connectivity index (χ1n) is 4.81. The zero-order valence-corrected chi connectivity index (χ0v) is 7.19. The van der Waals surface area contributed by atoms with Crippen LogP contribution in [0.3, 0.4) is 0 Å². The molecule has 2 aliphatic carbocycles. The van der Waals surface area contributed by atoms with Gasteiger partial charge in [-0.1, -0.05) is 12.2 Å². The lowest BCUT2D eigenvalue weighted by atomic mass is 9.85. The largest absolute Gasteiger partial charge is 0.381 e. The molecule has 1 N–H and O–H groups in total. The van der Waals surface area contributed by atoms with Crippen molar-refractivity contribution in [3.05, 3.63) is 34.6 Å². The Morgan fingerprint density at radius 1 is 1.17 bits per heavy atom. The fourth-order valence-electron chi connectivity index (χ4n) is 2.50. The normalized spacial score (nSPS) is 26.0. The molecule has 12 heavy (non-hydrogen) atoms. The number of hydrogen-bond acceptors (Lipinski definition) is 1. The monoisotopic (exact) mass is 159 g/mol. The highest BCUT2D eigenvalue weighted by atomic mass is 14.9. The quantitative estimate of drug-likeness (QED) is 0.571. The van der Waals surface area contributed by atoms with Gasteiger partial charge < -0.3 is 5.32 Å². The van der Waals surface area contributed by atoms with Crippen LogP contribution in [0.4, 0.5) is 0 Å². The van der Waals surface area contributed by atoms with Gasteiger partial charge in [0.25, 0.3) is 0 Å². The van der Waals surface area contributed by atoms with Crippen LogP contribution in [0.25, 0.3) is 0 Å². The van der Waals surface area contributed by atoms with Crippen molar-refractivity contribution < 1.29 is 0 Å². The van der Waals surface area contributed by atoms with Gasteiger partial charge >= 0.3 is 0 Å². The molecule has 3 aliphatic rings. The van der Waals surface area contributed by atoms with E-state index in [1.807, 2.05) is 0 Å². The third-order valence-corrected chi connectivity index (χ3v) is 3.05. The van der Waals surface area contributed by atoms with Crippen LogP contribution < -0.4 is 5.32 Å². The highest BCUT2D eigenvalue weighted by Gasteiger charge is 2.26. The van der Waals surface area contributed by atoms with E-state index < -0.39 is 0 Å². The maximum absolute atomic E-state index is 3.48. The Morgan fingerprint density at radius 2 is 2.17 bits per heavy atom. The van der Waals surface area contributed by atoms with Crippen molar-refractivity contribution in [3.63, 3.8) is 0 Å². The van der Waals surface area contributed by atoms with E-state index in [2.05, 4.69) is 17.5 Å². The van der Waals surface area contributed by atoms with E-state index in [9.17, 15) is 0 Å². The van der Waals surface area contributed by atoms with Gasteiger partial charge in [-0.05, 0) is 36.8 Å². The van der Waals surface area contributed by atoms with Crippen molar-refractivity contribution in [1.29, 1.82) is 0 Å². The van der Waals surface area contributed by atoms with Gasteiger partial charge in [-0.25, -0.2) is 0 Å². The van der Waals surface area contributed by atoms with E-state index in [0.717, 1.165) is 13.0 Å². The summed E-state index contributed by atoms with van der Waals surface area (Å²) in [5, 5.41) is 3.48. The smallest absolute Gasteiger partial charge is 0.0381 e. The van der Waals surface area contributed by atoms with Crippen molar-refractivity contribution in [2.24, 2.45) is 0 Å². The lowest BCUT2D eigenvalue weighted by molar-refractivity contribution is 0.763. The summed E-state index contributed by atoms with van der Waals surface area (Å²) < 4.78 is 0. The molecule has 0 aromatic rings. The highest BCUT2D eigenvalue weighted by molar-refractivity contribution is 5.56. The van der Waals surface area contributed by atoms with Crippen LogP contribution in [-0.2, 0) is 0 Å². The summed E-state index contributed by atoms with van der Waals surface area (Å²) >= 11 is 0. The molecular weight excluding hydrogens is 146 g/mol. The molecule has 0 aromatic heterocycles. The zero-order valence-electron chi connectivity index (χ0n) is 7.19. The van der Waals surface area contributed by atoms with E-state index in [4.69, 9.17) is 0 Å². The minimum Gasteiger partial charge on any atom is -0.381 e. The van der Waals surface area contributed by atoms with Gasteiger partial charge in [-0.15, -0.1) is 0 Å². The SMILES string of the molecule is C1=C2CCCC3=C2C(=CC1)NC3. The zero-order chi connectivity index (χ0) is 7.97. The Kier molecular flexibility index (Phi) is 1.23. The van der Waals surface area contributed by atoms with E-state index in [1.165, 1.54) is 25.0 Å². The molecule has 0 spiro atoms. The average Bonchev–Trinajstić information content (AvgIpc) is 2.52.